The van der Waals surface area contributed by atoms with E-state index >= 15 is 0 Å². The number of ether oxygens (including phenoxy) is 1. The second kappa shape index (κ2) is 11.4. The fraction of sp³-hybridized carbons (Fsp3) is 0.0741. The summed E-state index contributed by atoms with van der Waals surface area (Å²) in [6.07, 6.45) is 4.01. The predicted molar refractivity (Wildman–Crippen MR) is 138 cm³/mol. The molecule has 3 aromatic carbocycles. The zero-order valence-electron chi connectivity index (χ0n) is 18.1. The molecule has 5 nitrogen and oxygen atoms in total. The Morgan fingerprint density at radius 2 is 1.76 bits per heavy atom. The Morgan fingerprint density at radius 3 is 2.47 bits per heavy atom. The van der Waals surface area contributed by atoms with Crippen molar-refractivity contribution in [2.45, 2.75) is 13.0 Å². The molecule has 1 aromatic heterocycles. The molecule has 0 fully saturated rings. The Balaban J connectivity index is 1.35. The van der Waals surface area contributed by atoms with Gasteiger partial charge in [0.1, 0.15) is 24.0 Å². The third kappa shape index (κ3) is 6.64. The fourth-order valence-electron chi connectivity index (χ4n) is 3.13. The van der Waals surface area contributed by atoms with Gasteiger partial charge in [-0.3, -0.25) is 10.1 Å². The van der Waals surface area contributed by atoms with Crippen LogP contribution in [0.3, 0.4) is 0 Å². The lowest BCUT2D eigenvalue weighted by Gasteiger charge is -2.06. The van der Waals surface area contributed by atoms with E-state index in [-0.39, 0.29) is 5.57 Å². The monoisotopic (exact) mass is 529 g/mol. The van der Waals surface area contributed by atoms with E-state index in [9.17, 15) is 10.1 Å². The normalized spacial score (nSPS) is 11.0. The van der Waals surface area contributed by atoms with Crippen molar-refractivity contribution in [1.82, 2.24) is 4.98 Å². The first-order valence-corrected chi connectivity index (χ1v) is 12.1. The van der Waals surface area contributed by atoms with Gasteiger partial charge in [0.25, 0.3) is 5.91 Å². The van der Waals surface area contributed by atoms with Crippen LogP contribution in [0.5, 0.6) is 5.75 Å². The molecule has 0 saturated carbocycles. The van der Waals surface area contributed by atoms with Crippen molar-refractivity contribution in [3.05, 3.63) is 117 Å². The van der Waals surface area contributed by atoms with Crippen molar-refractivity contribution < 1.29 is 9.53 Å². The molecule has 34 heavy (non-hydrogen) atoms. The molecule has 0 aliphatic rings. The summed E-state index contributed by atoms with van der Waals surface area (Å²) in [6, 6.07) is 27.2. The Kier molecular flexibility index (Phi) is 7.87. The highest BCUT2D eigenvalue weighted by atomic mass is 79.9. The van der Waals surface area contributed by atoms with E-state index in [0.29, 0.717) is 17.5 Å². The van der Waals surface area contributed by atoms with Crippen LogP contribution in [0, 0.1) is 11.3 Å². The lowest BCUT2D eigenvalue weighted by molar-refractivity contribution is -0.112. The van der Waals surface area contributed by atoms with Gasteiger partial charge in [-0.25, -0.2) is 4.98 Å². The van der Waals surface area contributed by atoms with E-state index in [1.54, 1.807) is 12.3 Å². The quantitative estimate of drug-likeness (QED) is 0.205. The van der Waals surface area contributed by atoms with Gasteiger partial charge in [-0.1, -0.05) is 70.5 Å². The van der Waals surface area contributed by atoms with E-state index in [4.69, 9.17) is 4.74 Å². The van der Waals surface area contributed by atoms with E-state index in [1.165, 1.54) is 11.3 Å². The average molecular weight is 530 g/mol. The van der Waals surface area contributed by atoms with Crippen LogP contribution in [0.15, 0.2) is 95.1 Å². The molecule has 0 saturated heterocycles. The maximum absolute atomic E-state index is 12.6. The highest BCUT2D eigenvalue weighted by Gasteiger charge is 2.12. The van der Waals surface area contributed by atoms with E-state index in [2.05, 4.69) is 26.2 Å². The maximum atomic E-state index is 12.6. The molecule has 1 N–H and O–H groups in total. The lowest BCUT2D eigenvalue weighted by atomic mass is 10.1. The number of nitrogens with zero attached hydrogens (tertiary/aromatic N) is 2. The summed E-state index contributed by atoms with van der Waals surface area (Å²) >= 11 is 4.82. The smallest absolute Gasteiger partial charge is 0.268 e. The van der Waals surface area contributed by atoms with Crippen molar-refractivity contribution in [3.63, 3.8) is 0 Å². The van der Waals surface area contributed by atoms with Crippen molar-refractivity contribution in [2.75, 3.05) is 5.32 Å². The molecular formula is C27H20BrN3O2S. The number of anilines is 1. The van der Waals surface area contributed by atoms with Crippen LogP contribution in [0.4, 0.5) is 5.13 Å². The van der Waals surface area contributed by atoms with Gasteiger partial charge in [-0.05, 0) is 47.0 Å². The number of hydrogen-bond acceptors (Lipinski definition) is 5. The number of halogens is 1. The molecule has 4 aromatic rings. The second-order valence-corrected chi connectivity index (χ2v) is 9.43. The van der Waals surface area contributed by atoms with Gasteiger partial charge >= 0.3 is 0 Å². The number of carbonyl (C=O) groups is 1. The summed E-state index contributed by atoms with van der Waals surface area (Å²) in [7, 11) is 0. The van der Waals surface area contributed by atoms with Gasteiger partial charge in [0.15, 0.2) is 5.13 Å². The molecule has 0 atom stereocenters. The minimum absolute atomic E-state index is 0.00242. The molecule has 0 spiro atoms. The highest BCUT2D eigenvalue weighted by Crippen LogP contribution is 2.23. The highest BCUT2D eigenvalue weighted by molar-refractivity contribution is 9.10. The summed E-state index contributed by atoms with van der Waals surface area (Å²) in [5, 5.41) is 12.7. The predicted octanol–water partition coefficient (Wildman–Crippen LogP) is 6.62. The number of rotatable bonds is 8. The third-order valence-electron chi connectivity index (χ3n) is 4.87. The largest absolute Gasteiger partial charge is 0.489 e. The standard InChI is InChI=1S/C27H20BrN3O2S/c28-23-10-6-20(7-11-23)15-25-17-30-27(34-25)31-26(32)22(16-29)14-19-8-12-24(13-9-19)33-18-21-4-2-1-3-5-21/h1-14,17H,15,18H2,(H,30,31,32)/b22-14-. The Bertz CT molecular complexity index is 1330. The Labute approximate surface area is 210 Å². The minimum atomic E-state index is -0.489. The summed E-state index contributed by atoms with van der Waals surface area (Å²) < 4.78 is 6.81. The molecule has 0 bridgehead atoms. The Morgan fingerprint density at radius 1 is 1.03 bits per heavy atom. The number of aromatic nitrogens is 1. The molecule has 7 heteroatoms. The van der Waals surface area contributed by atoms with Crippen LogP contribution in [0.2, 0.25) is 0 Å². The van der Waals surface area contributed by atoms with Crippen molar-refractivity contribution in [1.29, 1.82) is 5.26 Å². The summed E-state index contributed by atoms with van der Waals surface area (Å²) in [6.45, 7) is 0.472. The molecule has 0 radical (unpaired) electrons. The van der Waals surface area contributed by atoms with Gasteiger partial charge in [0.05, 0.1) is 0 Å². The van der Waals surface area contributed by atoms with Gasteiger partial charge in [0, 0.05) is 22.0 Å². The van der Waals surface area contributed by atoms with Crippen molar-refractivity contribution in [2.24, 2.45) is 0 Å². The van der Waals surface area contributed by atoms with Crippen molar-refractivity contribution in [3.8, 4) is 11.8 Å². The van der Waals surface area contributed by atoms with Gasteiger partial charge in [-0.15, -0.1) is 11.3 Å². The zero-order valence-corrected chi connectivity index (χ0v) is 20.5. The molecule has 1 heterocycles. The van der Waals surface area contributed by atoms with Crippen LogP contribution in [-0.4, -0.2) is 10.9 Å². The number of hydrogen-bond donors (Lipinski definition) is 1. The molecule has 0 unspecified atom stereocenters. The minimum Gasteiger partial charge on any atom is -0.489 e. The van der Waals surface area contributed by atoms with Gasteiger partial charge in [0.2, 0.25) is 0 Å². The Hall–Kier alpha value is -3.73. The molecule has 1 amide bonds. The number of benzene rings is 3. The van der Waals surface area contributed by atoms with Gasteiger partial charge < -0.3 is 4.74 Å². The number of carbonyl (C=O) groups excluding carboxylic acids is 1. The molecule has 0 aliphatic heterocycles. The molecule has 168 valence electrons. The summed E-state index contributed by atoms with van der Waals surface area (Å²) in [4.78, 5) is 17.9. The number of amides is 1. The molecular weight excluding hydrogens is 510 g/mol. The van der Waals surface area contributed by atoms with Crippen molar-refractivity contribution >= 4 is 44.4 Å². The van der Waals surface area contributed by atoms with Crippen LogP contribution < -0.4 is 10.1 Å². The number of nitrogens with one attached hydrogen (secondary N) is 1. The average Bonchev–Trinajstić information content (AvgIpc) is 3.30. The fourth-order valence-corrected chi connectivity index (χ4v) is 4.24. The van der Waals surface area contributed by atoms with E-state index in [1.807, 2.05) is 84.9 Å². The first-order chi connectivity index (χ1) is 16.6. The van der Waals surface area contributed by atoms with Crippen LogP contribution in [-0.2, 0) is 17.8 Å². The zero-order chi connectivity index (χ0) is 23.8. The second-order valence-electron chi connectivity index (χ2n) is 7.40. The van der Waals surface area contributed by atoms with E-state index < -0.39 is 5.91 Å². The molecule has 4 rings (SSSR count). The van der Waals surface area contributed by atoms with Crippen LogP contribution in [0.25, 0.3) is 6.08 Å². The number of thiazole rings is 1. The first kappa shape index (κ1) is 23.4. The van der Waals surface area contributed by atoms with E-state index in [0.717, 1.165) is 32.5 Å². The van der Waals surface area contributed by atoms with Gasteiger partial charge in [-0.2, -0.15) is 5.26 Å². The molecule has 0 aliphatic carbocycles. The topological polar surface area (TPSA) is 75.0 Å². The maximum Gasteiger partial charge on any atom is 0.268 e. The van der Waals surface area contributed by atoms with Crippen LogP contribution >= 0.6 is 27.3 Å². The third-order valence-corrected chi connectivity index (χ3v) is 6.31. The number of nitriles is 1. The first-order valence-electron chi connectivity index (χ1n) is 10.5. The SMILES string of the molecule is N#C/C(=C/c1ccc(OCc2ccccc2)cc1)C(=O)Nc1ncc(Cc2ccc(Br)cc2)s1. The summed E-state index contributed by atoms with van der Waals surface area (Å²) in [5.41, 5.74) is 2.96. The lowest BCUT2D eigenvalue weighted by Crippen LogP contribution is -2.13. The summed E-state index contributed by atoms with van der Waals surface area (Å²) in [5.74, 6) is 0.224. The van der Waals surface area contributed by atoms with Crippen LogP contribution in [0.1, 0.15) is 21.6 Å².